The van der Waals surface area contributed by atoms with Crippen LogP contribution in [0.1, 0.15) is 42.9 Å². The van der Waals surface area contributed by atoms with Gasteiger partial charge in [0.05, 0.1) is 27.0 Å². The van der Waals surface area contributed by atoms with Crippen molar-refractivity contribution in [2.45, 2.75) is 38.6 Å². The van der Waals surface area contributed by atoms with E-state index in [0.717, 1.165) is 5.69 Å². The molecule has 1 aliphatic rings. The molecular formula is C21H19BrCl3N5O2. The second-order valence-electron chi connectivity index (χ2n) is 8.25. The summed E-state index contributed by atoms with van der Waals surface area (Å²) in [5.74, 6) is 0.188. The number of benzene rings is 1. The molecule has 0 radical (unpaired) electrons. The summed E-state index contributed by atoms with van der Waals surface area (Å²) < 4.78 is 8.09. The van der Waals surface area contributed by atoms with E-state index in [1.807, 2.05) is 26.8 Å². The van der Waals surface area contributed by atoms with Gasteiger partial charge in [0.2, 0.25) is 0 Å². The van der Waals surface area contributed by atoms with Gasteiger partial charge in [-0.3, -0.25) is 4.79 Å². The molecule has 2 aromatic heterocycles. The van der Waals surface area contributed by atoms with Gasteiger partial charge in [-0.25, -0.2) is 9.67 Å². The largest absolute Gasteiger partial charge is 0.356 e. The highest BCUT2D eigenvalue weighted by molar-refractivity contribution is 9.10. The monoisotopic (exact) mass is 557 g/mol. The number of nitrogens with zero attached hydrogens (tertiary/aromatic N) is 3. The number of anilines is 1. The fourth-order valence-electron chi connectivity index (χ4n) is 3.17. The molecule has 0 bridgehead atoms. The van der Waals surface area contributed by atoms with Crippen LogP contribution in [0.4, 0.5) is 5.69 Å². The second kappa shape index (κ2) is 8.83. The molecule has 0 spiro atoms. The van der Waals surface area contributed by atoms with Crippen molar-refractivity contribution in [1.82, 2.24) is 20.1 Å². The summed E-state index contributed by atoms with van der Waals surface area (Å²) in [6.45, 7) is 5.68. The number of nitrogens with one attached hydrogen (secondary N) is 2. The Bertz CT molecular complexity index is 1190. The molecule has 2 unspecified atom stereocenters. The molecule has 3 aromatic rings. The number of halogens is 4. The first-order chi connectivity index (χ1) is 15.0. The summed E-state index contributed by atoms with van der Waals surface area (Å²) in [6.07, 6.45) is 0.828. The Morgan fingerprint density at radius 1 is 1.19 bits per heavy atom. The van der Waals surface area contributed by atoms with Gasteiger partial charge in [-0.05, 0) is 67.0 Å². The van der Waals surface area contributed by atoms with Crippen molar-refractivity contribution in [2.24, 2.45) is 0 Å². The van der Waals surface area contributed by atoms with Crippen molar-refractivity contribution >= 4 is 62.3 Å². The summed E-state index contributed by atoms with van der Waals surface area (Å²) in [6, 6.07) is 8.46. The lowest BCUT2D eigenvalue weighted by molar-refractivity contribution is 0.0920. The van der Waals surface area contributed by atoms with Crippen LogP contribution < -0.4 is 10.6 Å². The number of pyridine rings is 1. The lowest BCUT2D eigenvalue weighted by atomic mass is 10.1. The number of hydrogen-bond donors (Lipinski definition) is 2. The van der Waals surface area contributed by atoms with Crippen LogP contribution in [0.15, 0.2) is 41.1 Å². The van der Waals surface area contributed by atoms with Crippen LogP contribution in [-0.2, 0) is 4.74 Å². The summed E-state index contributed by atoms with van der Waals surface area (Å²) in [7, 11) is 0. The van der Waals surface area contributed by atoms with Gasteiger partial charge in [0.25, 0.3) is 5.91 Å². The smallest absolute Gasteiger partial charge is 0.253 e. The van der Waals surface area contributed by atoms with Crippen molar-refractivity contribution in [2.75, 3.05) is 5.32 Å². The zero-order valence-electron chi connectivity index (χ0n) is 17.3. The number of carbonyl (C=O) groups is 1. The molecule has 0 aliphatic carbocycles. The van der Waals surface area contributed by atoms with E-state index in [1.165, 1.54) is 0 Å². The molecule has 1 aromatic carbocycles. The Balaban J connectivity index is 1.62. The first kappa shape index (κ1) is 23.3. The number of ether oxygens (including phenoxy) is 1. The molecule has 1 amide bonds. The van der Waals surface area contributed by atoms with Crippen LogP contribution in [0.3, 0.4) is 0 Å². The van der Waals surface area contributed by atoms with Crippen molar-refractivity contribution in [3.63, 3.8) is 0 Å². The normalized spacial score (nSPS) is 17.8. The van der Waals surface area contributed by atoms with Crippen molar-refractivity contribution in [3.8, 4) is 5.82 Å². The van der Waals surface area contributed by atoms with Crippen molar-refractivity contribution < 1.29 is 9.53 Å². The molecule has 1 fully saturated rings. The van der Waals surface area contributed by atoms with E-state index in [2.05, 4.69) is 36.6 Å². The Labute approximate surface area is 208 Å². The van der Waals surface area contributed by atoms with Gasteiger partial charge in [0.15, 0.2) is 12.0 Å². The molecule has 4 rings (SSSR count). The summed E-state index contributed by atoms with van der Waals surface area (Å²) in [4.78, 5) is 17.2. The quantitative estimate of drug-likeness (QED) is 0.373. The fourth-order valence-corrected chi connectivity index (χ4v) is 4.31. The van der Waals surface area contributed by atoms with Crippen LogP contribution in [0.5, 0.6) is 0 Å². The number of rotatable bonds is 5. The molecule has 3 heterocycles. The maximum Gasteiger partial charge on any atom is 0.253 e. The van der Waals surface area contributed by atoms with Crippen LogP contribution >= 0.6 is 50.7 Å². The standard InChI is InChI=1S/C21H19BrCl3N5O2/c1-21(2,3)28-19(31)11-7-10(23)8-13(25)16(11)27-20-17(32-20)14-9-15(22)29-30(14)18-12(24)5-4-6-26-18/h4-9,17,20,27H,1-3H3,(H,28,31). The predicted octanol–water partition coefficient (Wildman–Crippen LogP) is 6.03. The highest BCUT2D eigenvalue weighted by atomic mass is 79.9. The van der Waals surface area contributed by atoms with E-state index < -0.39 is 11.8 Å². The van der Waals surface area contributed by atoms with Crippen LogP contribution in [-0.4, -0.2) is 32.4 Å². The van der Waals surface area contributed by atoms with Gasteiger partial charge in [-0.15, -0.1) is 0 Å². The SMILES string of the molecule is CC(C)(C)NC(=O)c1cc(Cl)cc(Cl)c1NC1OC1c1cc(Br)nn1-c1ncccc1Cl. The Morgan fingerprint density at radius 3 is 2.62 bits per heavy atom. The maximum atomic E-state index is 12.9. The zero-order valence-corrected chi connectivity index (χ0v) is 21.1. The Kier molecular flexibility index (Phi) is 6.44. The van der Waals surface area contributed by atoms with Crippen LogP contribution in [0.2, 0.25) is 15.1 Å². The van der Waals surface area contributed by atoms with Gasteiger partial charge in [0.1, 0.15) is 10.7 Å². The number of carbonyl (C=O) groups excluding carboxylic acids is 1. The lowest BCUT2D eigenvalue weighted by Gasteiger charge is -2.22. The lowest BCUT2D eigenvalue weighted by Crippen LogP contribution is -2.40. The molecular weight excluding hydrogens is 541 g/mol. The maximum absolute atomic E-state index is 12.9. The Hall–Kier alpha value is -1.84. The molecule has 0 saturated carbocycles. The average molecular weight is 560 g/mol. The minimum Gasteiger partial charge on any atom is -0.356 e. The fraction of sp³-hybridized carbons (Fsp3) is 0.286. The molecule has 168 valence electrons. The van der Waals surface area contributed by atoms with Crippen LogP contribution in [0, 0.1) is 0 Å². The first-order valence-electron chi connectivity index (χ1n) is 9.63. The minimum absolute atomic E-state index is 0.297. The number of aromatic nitrogens is 3. The summed E-state index contributed by atoms with van der Waals surface area (Å²) in [5, 5.41) is 11.7. The molecule has 11 heteroatoms. The van der Waals surface area contributed by atoms with Crippen LogP contribution in [0.25, 0.3) is 5.82 Å². The van der Waals surface area contributed by atoms with Gasteiger partial charge >= 0.3 is 0 Å². The highest BCUT2D eigenvalue weighted by Crippen LogP contribution is 2.43. The van der Waals surface area contributed by atoms with E-state index >= 15 is 0 Å². The summed E-state index contributed by atoms with van der Waals surface area (Å²) in [5.41, 5.74) is 1.07. The molecule has 1 saturated heterocycles. The second-order valence-corrected chi connectivity index (χ2v) is 10.3. The average Bonchev–Trinajstić information content (AvgIpc) is 3.34. The highest BCUT2D eigenvalue weighted by Gasteiger charge is 2.44. The van der Waals surface area contributed by atoms with E-state index in [0.29, 0.717) is 36.7 Å². The van der Waals surface area contributed by atoms with E-state index in [1.54, 1.807) is 35.1 Å². The third kappa shape index (κ3) is 5.05. The van der Waals surface area contributed by atoms with Gasteiger partial charge < -0.3 is 15.4 Å². The zero-order chi connectivity index (χ0) is 23.2. The third-order valence-electron chi connectivity index (χ3n) is 4.50. The van der Waals surface area contributed by atoms with Gasteiger partial charge in [-0.1, -0.05) is 34.8 Å². The predicted molar refractivity (Wildman–Crippen MR) is 129 cm³/mol. The van der Waals surface area contributed by atoms with E-state index in [4.69, 9.17) is 39.5 Å². The van der Waals surface area contributed by atoms with E-state index in [9.17, 15) is 4.79 Å². The van der Waals surface area contributed by atoms with Gasteiger partial charge in [-0.2, -0.15) is 5.10 Å². The Morgan fingerprint density at radius 2 is 1.94 bits per heavy atom. The van der Waals surface area contributed by atoms with E-state index in [-0.39, 0.29) is 12.0 Å². The molecule has 1 aliphatic heterocycles. The third-order valence-corrected chi connectivity index (χ3v) is 5.70. The van der Waals surface area contributed by atoms with Crippen molar-refractivity contribution in [1.29, 1.82) is 0 Å². The first-order valence-corrected chi connectivity index (χ1v) is 11.6. The molecule has 7 nitrogen and oxygen atoms in total. The van der Waals surface area contributed by atoms with Gasteiger partial charge in [0, 0.05) is 16.8 Å². The molecule has 2 N–H and O–H groups in total. The molecule has 32 heavy (non-hydrogen) atoms. The number of amides is 1. The number of hydrogen-bond acceptors (Lipinski definition) is 5. The van der Waals surface area contributed by atoms with Crippen molar-refractivity contribution in [3.05, 3.63) is 67.5 Å². The molecule has 2 atom stereocenters. The summed E-state index contributed by atoms with van der Waals surface area (Å²) >= 11 is 22.3. The topological polar surface area (TPSA) is 84.4 Å². The number of epoxide rings is 1. The minimum atomic E-state index is -0.445.